The predicted octanol–water partition coefficient (Wildman–Crippen LogP) is 4.00. The van der Waals surface area contributed by atoms with E-state index in [0.29, 0.717) is 29.7 Å². The second kappa shape index (κ2) is 8.99. The van der Waals surface area contributed by atoms with Gasteiger partial charge in [-0.2, -0.15) is 0 Å². The number of rotatable bonds is 7. The summed E-state index contributed by atoms with van der Waals surface area (Å²) in [5, 5.41) is 10.8. The van der Waals surface area contributed by atoms with Gasteiger partial charge in [-0.3, -0.25) is 0 Å². The summed E-state index contributed by atoms with van der Waals surface area (Å²) in [7, 11) is -3.53. The van der Waals surface area contributed by atoms with Crippen molar-refractivity contribution in [2.75, 3.05) is 0 Å². The van der Waals surface area contributed by atoms with Gasteiger partial charge in [0.1, 0.15) is 29.6 Å². The van der Waals surface area contributed by atoms with E-state index in [9.17, 15) is 22.3 Å². The Morgan fingerprint density at radius 2 is 1.77 bits per heavy atom. The fourth-order valence-electron chi connectivity index (χ4n) is 3.69. The Morgan fingerprint density at radius 1 is 1.13 bits per heavy atom. The highest BCUT2D eigenvalue weighted by atomic mass is 32.2. The summed E-state index contributed by atoms with van der Waals surface area (Å²) >= 11 is 0. The molecule has 0 heterocycles. The molecule has 1 aliphatic rings. The quantitative estimate of drug-likeness (QED) is 0.684. The Bertz CT molecular complexity index is 959. The number of hydrogen-bond donors (Lipinski definition) is 2. The molecule has 2 atom stereocenters. The Balaban J connectivity index is 1.74. The first-order valence-electron chi connectivity index (χ1n) is 10.0. The molecular weight excluding hydrogens is 412 g/mol. The van der Waals surface area contributed by atoms with Crippen molar-refractivity contribution in [2.24, 2.45) is 0 Å². The van der Waals surface area contributed by atoms with Gasteiger partial charge in [-0.05, 0) is 62.1 Å². The second-order valence-corrected chi connectivity index (χ2v) is 10.3. The van der Waals surface area contributed by atoms with Crippen LogP contribution in [0.15, 0.2) is 42.5 Å². The SMILES string of the molecule is CC(C)S(=O)(=O)NC1CCCCC1(O)c1ccc(OCc2cc(F)cc(F)c2)cc1. The van der Waals surface area contributed by atoms with Crippen LogP contribution in [0.5, 0.6) is 5.75 Å². The van der Waals surface area contributed by atoms with Crippen LogP contribution in [0.3, 0.4) is 0 Å². The van der Waals surface area contributed by atoms with Crippen LogP contribution in [0.4, 0.5) is 8.78 Å². The Hall–Kier alpha value is -2.03. The molecule has 0 radical (unpaired) electrons. The molecule has 2 aromatic rings. The van der Waals surface area contributed by atoms with Crippen LogP contribution < -0.4 is 9.46 Å². The molecule has 1 aliphatic carbocycles. The van der Waals surface area contributed by atoms with E-state index in [0.717, 1.165) is 18.9 Å². The fraction of sp³-hybridized carbons (Fsp3) is 0.455. The summed E-state index contributed by atoms with van der Waals surface area (Å²) in [6, 6.07) is 9.30. The molecule has 8 heteroatoms. The van der Waals surface area contributed by atoms with Gasteiger partial charge >= 0.3 is 0 Å². The van der Waals surface area contributed by atoms with Crippen molar-refractivity contribution in [1.29, 1.82) is 0 Å². The number of hydrogen-bond acceptors (Lipinski definition) is 4. The second-order valence-electron chi connectivity index (χ2n) is 8.02. The lowest BCUT2D eigenvalue weighted by Gasteiger charge is -2.41. The van der Waals surface area contributed by atoms with Crippen LogP contribution >= 0.6 is 0 Å². The van der Waals surface area contributed by atoms with Gasteiger partial charge in [0.25, 0.3) is 0 Å². The van der Waals surface area contributed by atoms with Crippen LogP contribution in [0.25, 0.3) is 0 Å². The standard InChI is InChI=1S/C22H27F2NO4S/c1-15(2)30(27,28)25-21-5-3-4-10-22(21,26)17-6-8-20(9-7-17)29-14-16-11-18(23)13-19(24)12-16/h6-9,11-13,15,21,25-26H,3-5,10,14H2,1-2H3. The van der Waals surface area contributed by atoms with Gasteiger partial charge in [-0.25, -0.2) is 21.9 Å². The van der Waals surface area contributed by atoms with Gasteiger partial charge in [0.05, 0.1) is 11.3 Å². The van der Waals surface area contributed by atoms with E-state index >= 15 is 0 Å². The summed E-state index contributed by atoms with van der Waals surface area (Å²) in [4.78, 5) is 0. The lowest BCUT2D eigenvalue weighted by Crippen LogP contribution is -2.53. The molecule has 30 heavy (non-hydrogen) atoms. The van der Waals surface area contributed by atoms with Crippen molar-refractivity contribution in [3.8, 4) is 5.75 Å². The molecule has 0 spiro atoms. The number of benzene rings is 2. The van der Waals surface area contributed by atoms with Crippen LogP contribution in [-0.2, 0) is 22.2 Å². The number of halogens is 2. The van der Waals surface area contributed by atoms with Gasteiger partial charge in [0.2, 0.25) is 10.0 Å². The zero-order chi connectivity index (χ0) is 21.9. The molecule has 0 aliphatic heterocycles. The third-order valence-corrected chi connectivity index (χ3v) is 7.34. The largest absolute Gasteiger partial charge is 0.489 e. The molecule has 2 aromatic carbocycles. The lowest BCUT2D eigenvalue weighted by molar-refractivity contribution is -0.0250. The van der Waals surface area contributed by atoms with Crippen LogP contribution in [-0.4, -0.2) is 24.8 Å². The maximum absolute atomic E-state index is 13.3. The van der Waals surface area contributed by atoms with E-state index in [2.05, 4.69) is 4.72 Å². The van der Waals surface area contributed by atoms with E-state index in [1.807, 2.05) is 0 Å². The summed E-state index contributed by atoms with van der Waals surface area (Å²) in [6.45, 7) is 3.19. The smallest absolute Gasteiger partial charge is 0.214 e. The van der Waals surface area contributed by atoms with E-state index in [1.165, 1.54) is 12.1 Å². The van der Waals surface area contributed by atoms with Crippen molar-refractivity contribution < 1.29 is 27.0 Å². The average Bonchev–Trinajstić information content (AvgIpc) is 2.68. The van der Waals surface area contributed by atoms with Crippen molar-refractivity contribution in [3.63, 3.8) is 0 Å². The predicted molar refractivity (Wildman–Crippen MR) is 110 cm³/mol. The molecule has 1 fully saturated rings. The Morgan fingerprint density at radius 3 is 2.37 bits per heavy atom. The molecule has 0 aromatic heterocycles. The first kappa shape index (κ1) is 22.7. The highest BCUT2D eigenvalue weighted by molar-refractivity contribution is 7.90. The Labute approximate surface area is 176 Å². The Kier molecular flexibility index (Phi) is 6.79. The zero-order valence-corrected chi connectivity index (χ0v) is 17.9. The minimum atomic E-state index is -3.53. The van der Waals surface area contributed by atoms with E-state index < -0.39 is 38.6 Å². The van der Waals surface area contributed by atoms with E-state index in [1.54, 1.807) is 38.1 Å². The van der Waals surface area contributed by atoms with Crippen LogP contribution in [0, 0.1) is 11.6 Å². The minimum Gasteiger partial charge on any atom is -0.489 e. The summed E-state index contributed by atoms with van der Waals surface area (Å²) in [5.41, 5.74) is -0.349. The highest BCUT2D eigenvalue weighted by Crippen LogP contribution is 2.38. The molecular formula is C22H27F2NO4S. The molecule has 164 valence electrons. The first-order chi connectivity index (χ1) is 14.1. The van der Waals surface area contributed by atoms with Crippen LogP contribution in [0.2, 0.25) is 0 Å². The molecule has 5 nitrogen and oxygen atoms in total. The van der Waals surface area contributed by atoms with Crippen molar-refractivity contribution in [3.05, 3.63) is 65.2 Å². The molecule has 1 saturated carbocycles. The molecule has 3 rings (SSSR count). The maximum atomic E-state index is 13.3. The highest BCUT2D eigenvalue weighted by Gasteiger charge is 2.42. The van der Waals surface area contributed by atoms with Crippen molar-refractivity contribution in [2.45, 2.75) is 63.0 Å². The minimum absolute atomic E-state index is 0.00485. The summed E-state index contributed by atoms with van der Waals surface area (Å²) in [5.74, 6) is -0.862. The van der Waals surface area contributed by atoms with Gasteiger partial charge < -0.3 is 9.84 Å². The van der Waals surface area contributed by atoms with Crippen molar-refractivity contribution >= 4 is 10.0 Å². The third-order valence-electron chi connectivity index (χ3n) is 5.49. The molecule has 0 saturated heterocycles. The fourth-order valence-corrected chi connectivity index (χ4v) is 4.67. The van der Waals surface area contributed by atoms with Gasteiger partial charge in [-0.15, -0.1) is 0 Å². The number of sulfonamides is 1. The zero-order valence-electron chi connectivity index (χ0n) is 17.1. The first-order valence-corrected chi connectivity index (χ1v) is 11.6. The molecule has 2 N–H and O–H groups in total. The van der Waals surface area contributed by atoms with E-state index in [-0.39, 0.29) is 6.61 Å². The van der Waals surface area contributed by atoms with Crippen molar-refractivity contribution in [1.82, 2.24) is 4.72 Å². The number of ether oxygens (including phenoxy) is 1. The third kappa shape index (κ3) is 5.17. The number of aliphatic hydroxyl groups is 1. The number of nitrogens with one attached hydrogen (secondary N) is 1. The maximum Gasteiger partial charge on any atom is 0.214 e. The van der Waals surface area contributed by atoms with Gasteiger partial charge in [-0.1, -0.05) is 25.0 Å². The van der Waals surface area contributed by atoms with Crippen LogP contribution in [0.1, 0.15) is 50.7 Å². The summed E-state index contributed by atoms with van der Waals surface area (Å²) in [6.07, 6.45) is 2.62. The van der Waals surface area contributed by atoms with E-state index in [4.69, 9.17) is 4.74 Å². The monoisotopic (exact) mass is 439 g/mol. The average molecular weight is 440 g/mol. The topological polar surface area (TPSA) is 75.6 Å². The molecule has 0 bridgehead atoms. The summed E-state index contributed by atoms with van der Waals surface area (Å²) < 4.78 is 59.5. The van der Waals surface area contributed by atoms with Gasteiger partial charge in [0, 0.05) is 6.07 Å². The molecule has 0 amide bonds. The molecule has 2 unspecified atom stereocenters. The van der Waals surface area contributed by atoms with Gasteiger partial charge in [0.15, 0.2) is 0 Å². The normalized spacial score (nSPS) is 22.3. The lowest BCUT2D eigenvalue weighted by atomic mass is 9.76.